The molecule has 1 atom stereocenters. The zero-order chi connectivity index (χ0) is 15.9. The van der Waals surface area contributed by atoms with Crippen molar-refractivity contribution in [3.8, 4) is 0 Å². The minimum absolute atomic E-state index is 0.0365. The lowest BCUT2D eigenvalue weighted by atomic mass is 9.93. The number of nitrogens with one attached hydrogen (secondary N) is 1. The second kappa shape index (κ2) is 5.20. The maximum atomic E-state index is 12.7. The number of esters is 1. The van der Waals surface area contributed by atoms with Crippen LogP contribution in [-0.2, 0) is 19.1 Å². The molecule has 22 heavy (non-hydrogen) atoms. The van der Waals surface area contributed by atoms with Gasteiger partial charge < -0.3 is 4.74 Å². The third-order valence-corrected chi connectivity index (χ3v) is 4.17. The van der Waals surface area contributed by atoms with Gasteiger partial charge in [-0.2, -0.15) is 5.10 Å². The van der Waals surface area contributed by atoms with E-state index in [1.807, 2.05) is 0 Å². The van der Waals surface area contributed by atoms with Gasteiger partial charge in [-0.1, -0.05) is 22.0 Å². The maximum Gasteiger partial charge on any atom is 0.354 e. The van der Waals surface area contributed by atoms with Crippen molar-refractivity contribution in [3.05, 3.63) is 28.7 Å². The van der Waals surface area contributed by atoms with Gasteiger partial charge in [0, 0.05) is 10.9 Å². The summed E-state index contributed by atoms with van der Waals surface area (Å²) in [6, 6.07) is 6.91. The molecular formula is C14H12BrN3O4. The van der Waals surface area contributed by atoms with E-state index in [-0.39, 0.29) is 24.5 Å². The van der Waals surface area contributed by atoms with Crippen molar-refractivity contribution in [1.29, 1.82) is 0 Å². The van der Waals surface area contributed by atoms with Crippen LogP contribution in [0.4, 0.5) is 5.69 Å². The Morgan fingerprint density at radius 3 is 2.86 bits per heavy atom. The van der Waals surface area contributed by atoms with Crippen molar-refractivity contribution in [3.63, 3.8) is 0 Å². The molecule has 2 aliphatic rings. The van der Waals surface area contributed by atoms with Crippen molar-refractivity contribution in [2.75, 3.05) is 12.0 Å². The molecule has 0 saturated carbocycles. The molecule has 1 aromatic carbocycles. The van der Waals surface area contributed by atoms with Crippen LogP contribution in [0.25, 0.3) is 0 Å². The Labute approximate surface area is 134 Å². The summed E-state index contributed by atoms with van der Waals surface area (Å²) in [5.74, 6) is -1.36. The van der Waals surface area contributed by atoms with Crippen LogP contribution in [0.3, 0.4) is 0 Å². The maximum absolute atomic E-state index is 12.7. The summed E-state index contributed by atoms with van der Waals surface area (Å²) in [7, 11) is 1.24. The third kappa shape index (κ3) is 2.19. The van der Waals surface area contributed by atoms with Crippen LogP contribution in [0.15, 0.2) is 33.8 Å². The number of hydrazone groups is 1. The molecule has 2 aliphatic heterocycles. The fourth-order valence-electron chi connectivity index (χ4n) is 2.62. The van der Waals surface area contributed by atoms with Crippen LogP contribution >= 0.6 is 15.9 Å². The smallest absolute Gasteiger partial charge is 0.354 e. The Balaban J connectivity index is 1.89. The first-order valence-corrected chi connectivity index (χ1v) is 7.31. The molecule has 1 N–H and O–H groups in total. The Kier molecular flexibility index (Phi) is 3.48. The fourth-order valence-corrected chi connectivity index (χ4v) is 3.00. The molecule has 8 heteroatoms. The first-order chi connectivity index (χ1) is 10.5. The second-order valence-corrected chi connectivity index (χ2v) is 6.03. The van der Waals surface area contributed by atoms with E-state index >= 15 is 0 Å². The van der Waals surface area contributed by atoms with Crippen LogP contribution in [0, 0.1) is 0 Å². The van der Waals surface area contributed by atoms with Crippen LogP contribution in [0.5, 0.6) is 0 Å². The molecule has 0 aliphatic carbocycles. The van der Waals surface area contributed by atoms with Gasteiger partial charge in [-0.3, -0.25) is 15.0 Å². The highest BCUT2D eigenvalue weighted by atomic mass is 79.9. The number of halogens is 1. The molecule has 1 saturated heterocycles. The number of benzene rings is 1. The first-order valence-electron chi connectivity index (χ1n) is 6.52. The van der Waals surface area contributed by atoms with Crippen molar-refractivity contribution in [2.24, 2.45) is 5.10 Å². The average molecular weight is 366 g/mol. The van der Waals surface area contributed by atoms with Gasteiger partial charge in [-0.25, -0.2) is 9.69 Å². The average Bonchev–Trinajstić information content (AvgIpc) is 3.01. The van der Waals surface area contributed by atoms with E-state index in [0.29, 0.717) is 5.69 Å². The third-order valence-electron chi connectivity index (χ3n) is 3.68. The highest BCUT2D eigenvalue weighted by Crippen LogP contribution is 2.35. The number of hydrogen-bond acceptors (Lipinski definition) is 6. The largest absolute Gasteiger partial charge is 0.464 e. The van der Waals surface area contributed by atoms with E-state index in [2.05, 4.69) is 31.2 Å². The van der Waals surface area contributed by atoms with Crippen LogP contribution in [0.2, 0.25) is 0 Å². The molecule has 1 aromatic rings. The van der Waals surface area contributed by atoms with Gasteiger partial charge in [0.1, 0.15) is 11.3 Å². The Bertz CT molecular complexity index is 718. The SMILES string of the molecule is COC(=O)C1=NN[C@]2(CC(=O)N(c3cccc(Br)c3)C2=O)C1. The van der Waals surface area contributed by atoms with E-state index in [0.717, 1.165) is 9.37 Å². The van der Waals surface area contributed by atoms with E-state index < -0.39 is 17.4 Å². The van der Waals surface area contributed by atoms with E-state index in [9.17, 15) is 14.4 Å². The van der Waals surface area contributed by atoms with Gasteiger partial charge in [-0.15, -0.1) is 0 Å². The zero-order valence-corrected chi connectivity index (χ0v) is 13.2. The lowest BCUT2D eigenvalue weighted by Crippen LogP contribution is -2.47. The summed E-state index contributed by atoms with van der Waals surface area (Å²) in [6.07, 6.45) is -0.0168. The molecule has 0 unspecified atom stereocenters. The quantitative estimate of drug-likeness (QED) is 0.623. The molecule has 0 radical (unpaired) electrons. The van der Waals surface area contributed by atoms with Crippen molar-refractivity contribution in [1.82, 2.24) is 5.43 Å². The first kappa shape index (κ1) is 14.7. The number of amides is 2. The Morgan fingerprint density at radius 2 is 2.18 bits per heavy atom. The number of rotatable bonds is 2. The Morgan fingerprint density at radius 1 is 1.41 bits per heavy atom. The molecule has 7 nitrogen and oxygen atoms in total. The highest BCUT2D eigenvalue weighted by molar-refractivity contribution is 9.10. The molecule has 0 bridgehead atoms. The van der Waals surface area contributed by atoms with Gasteiger partial charge in [0.05, 0.1) is 19.2 Å². The summed E-state index contributed by atoms with van der Waals surface area (Å²) >= 11 is 3.31. The monoisotopic (exact) mass is 365 g/mol. The molecule has 1 fully saturated rings. The van der Waals surface area contributed by atoms with Gasteiger partial charge in [0.25, 0.3) is 5.91 Å². The zero-order valence-electron chi connectivity index (χ0n) is 11.6. The van der Waals surface area contributed by atoms with E-state index in [4.69, 9.17) is 0 Å². The summed E-state index contributed by atoms with van der Waals surface area (Å²) in [6.45, 7) is 0. The standard InChI is InChI=1S/C14H12BrN3O4/c1-22-12(20)10-6-14(17-16-10)7-11(19)18(13(14)21)9-4-2-3-8(15)5-9/h2-5,17H,6-7H2,1H3/t14-/m0/s1. The number of nitrogens with zero attached hydrogens (tertiary/aromatic N) is 2. The lowest BCUT2D eigenvalue weighted by Gasteiger charge is -2.21. The minimum atomic E-state index is -1.19. The molecular weight excluding hydrogens is 354 g/mol. The number of hydrogen-bond donors (Lipinski definition) is 1. The molecule has 0 aromatic heterocycles. The molecule has 2 heterocycles. The molecule has 2 amide bonds. The second-order valence-electron chi connectivity index (χ2n) is 5.11. The number of carbonyl (C=O) groups excluding carboxylic acids is 3. The van der Waals surface area contributed by atoms with E-state index in [1.165, 1.54) is 7.11 Å². The summed E-state index contributed by atoms with van der Waals surface area (Å²) < 4.78 is 5.36. The molecule has 1 spiro atoms. The summed E-state index contributed by atoms with van der Waals surface area (Å²) in [4.78, 5) is 37.6. The summed E-state index contributed by atoms with van der Waals surface area (Å²) in [5, 5.41) is 3.86. The van der Waals surface area contributed by atoms with Crippen molar-refractivity contribution >= 4 is 45.1 Å². The van der Waals surface area contributed by atoms with Crippen LogP contribution in [0.1, 0.15) is 12.8 Å². The Hall–Kier alpha value is -2.22. The minimum Gasteiger partial charge on any atom is -0.464 e. The van der Waals surface area contributed by atoms with Gasteiger partial charge >= 0.3 is 5.97 Å². The topological polar surface area (TPSA) is 88.1 Å². The van der Waals surface area contributed by atoms with Crippen molar-refractivity contribution < 1.29 is 19.1 Å². The number of imide groups is 1. The number of ether oxygens (including phenoxy) is 1. The van der Waals surface area contributed by atoms with Gasteiger partial charge in [0.15, 0.2) is 0 Å². The van der Waals surface area contributed by atoms with Crippen LogP contribution in [-0.4, -0.2) is 36.1 Å². The number of anilines is 1. The predicted molar refractivity (Wildman–Crippen MR) is 81.2 cm³/mol. The van der Waals surface area contributed by atoms with Crippen LogP contribution < -0.4 is 10.3 Å². The van der Waals surface area contributed by atoms with E-state index in [1.54, 1.807) is 24.3 Å². The summed E-state index contributed by atoms with van der Waals surface area (Å²) in [5.41, 5.74) is 2.06. The predicted octanol–water partition coefficient (Wildman–Crippen LogP) is 0.973. The molecule has 114 valence electrons. The normalized spacial score (nSPS) is 23.7. The fraction of sp³-hybridized carbons (Fsp3) is 0.286. The number of carbonyl (C=O) groups is 3. The highest BCUT2D eigenvalue weighted by Gasteiger charge is 2.56. The number of methoxy groups -OCH3 is 1. The van der Waals surface area contributed by atoms with Gasteiger partial charge in [-0.05, 0) is 18.2 Å². The molecule has 3 rings (SSSR count). The van der Waals surface area contributed by atoms with Gasteiger partial charge in [0.2, 0.25) is 5.91 Å². The lowest BCUT2D eigenvalue weighted by molar-refractivity contribution is -0.132. The van der Waals surface area contributed by atoms with Crippen molar-refractivity contribution in [2.45, 2.75) is 18.4 Å².